The standard InChI is InChI=1S/C19H32N4O2/c1-4-20-19(21-10-12-25-14-13-24-3)22-17-9-11-23(15-17)18-7-5-16(2)6-8-18/h5-8,17H,4,9-15H2,1-3H3,(H2,20,21,22). The van der Waals surface area contributed by atoms with E-state index in [-0.39, 0.29) is 0 Å². The molecule has 1 aromatic rings. The first-order chi connectivity index (χ1) is 12.2. The summed E-state index contributed by atoms with van der Waals surface area (Å²) in [4.78, 5) is 7.02. The van der Waals surface area contributed by atoms with E-state index >= 15 is 0 Å². The van der Waals surface area contributed by atoms with E-state index in [4.69, 9.17) is 9.47 Å². The van der Waals surface area contributed by atoms with Gasteiger partial charge in [0, 0.05) is 38.5 Å². The average Bonchev–Trinajstić information content (AvgIpc) is 3.07. The Labute approximate surface area is 151 Å². The maximum Gasteiger partial charge on any atom is 0.191 e. The minimum absolute atomic E-state index is 0.411. The molecule has 0 aliphatic carbocycles. The molecule has 0 saturated carbocycles. The van der Waals surface area contributed by atoms with Crippen molar-refractivity contribution < 1.29 is 9.47 Å². The van der Waals surface area contributed by atoms with Crippen LogP contribution in [0.25, 0.3) is 0 Å². The molecule has 1 unspecified atom stereocenters. The maximum atomic E-state index is 5.46. The van der Waals surface area contributed by atoms with E-state index in [0.29, 0.717) is 32.4 Å². The average molecular weight is 348 g/mol. The van der Waals surface area contributed by atoms with Crippen LogP contribution in [0.4, 0.5) is 5.69 Å². The van der Waals surface area contributed by atoms with Gasteiger partial charge in [-0.2, -0.15) is 0 Å². The van der Waals surface area contributed by atoms with Crippen molar-refractivity contribution in [3.05, 3.63) is 29.8 Å². The van der Waals surface area contributed by atoms with Crippen LogP contribution in [-0.2, 0) is 9.47 Å². The van der Waals surface area contributed by atoms with Crippen molar-refractivity contribution in [1.82, 2.24) is 10.6 Å². The number of nitrogens with one attached hydrogen (secondary N) is 2. The highest BCUT2D eigenvalue weighted by molar-refractivity contribution is 5.80. The van der Waals surface area contributed by atoms with Gasteiger partial charge in [-0.15, -0.1) is 0 Å². The van der Waals surface area contributed by atoms with Gasteiger partial charge in [0.25, 0.3) is 0 Å². The first-order valence-electron chi connectivity index (χ1n) is 9.16. The summed E-state index contributed by atoms with van der Waals surface area (Å²) >= 11 is 0. The lowest BCUT2D eigenvalue weighted by Gasteiger charge is -2.20. The number of benzene rings is 1. The lowest BCUT2D eigenvalue weighted by molar-refractivity contribution is 0.0748. The molecule has 0 radical (unpaired) electrons. The van der Waals surface area contributed by atoms with E-state index in [1.807, 2.05) is 0 Å². The van der Waals surface area contributed by atoms with E-state index < -0.39 is 0 Å². The molecule has 2 N–H and O–H groups in total. The van der Waals surface area contributed by atoms with Gasteiger partial charge in [-0.05, 0) is 32.4 Å². The molecular formula is C19H32N4O2. The molecule has 140 valence electrons. The predicted molar refractivity (Wildman–Crippen MR) is 104 cm³/mol. The van der Waals surface area contributed by atoms with Crippen LogP contribution in [0, 0.1) is 6.92 Å². The van der Waals surface area contributed by atoms with Crippen molar-refractivity contribution in [3.63, 3.8) is 0 Å². The topological polar surface area (TPSA) is 58.1 Å². The summed E-state index contributed by atoms with van der Waals surface area (Å²) in [6.45, 7) is 9.62. The Bertz CT molecular complexity index is 519. The molecule has 1 heterocycles. The molecule has 6 nitrogen and oxygen atoms in total. The molecular weight excluding hydrogens is 316 g/mol. The van der Waals surface area contributed by atoms with Crippen LogP contribution in [0.1, 0.15) is 18.9 Å². The molecule has 1 atom stereocenters. The zero-order valence-corrected chi connectivity index (χ0v) is 15.8. The number of ether oxygens (including phenoxy) is 2. The van der Waals surface area contributed by atoms with Gasteiger partial charge in [-0.25, -0.2) is 0 Å². The Hall–Kier alpha value is -1.79. The predicted octanol–water partition coefficient (Wildman–Crippen LogP) is 1.79. The number of anilines is 1. The van der Waals surface area contributed by atoms with Gasteiger partial charge in [0.15, 0.2) is 5.96 Å². The fourth-order valence-electron chi connectivity index (χ4n) is 2.85. The van der Waals surface area contributed by atoms with Crippen molar-refractivity contribution in [1.29, 1.82) is 0 Å². The molecule has 1 aliphatic heterocycles. The smallest absolute Gasteiger partial charge is 0.191 e. The highest BCUT2D eigenvalue weighted by Crippen LogP contribution is 2.20. The first kappa shape index (κ1) is 19.5. The Morgan fingerprint density at radius 2 is 2.04 bits per heavy atom. The van der Waals surface area contributed by atoms with Crippen LogP contribution in [0.5, 0.6) is 0 Å². The number of hydrogen-bond acceptors (Lipinski definition) is 4. The van der Waals surface area contributed by atoms with E-state index in [9.17, 15) is 0 Å². The number of hydrogen-bond donors (Lipinski definition) is 2. The molecule has 0 amide bonds. The molecule has 1 aliphatic rings. The summed E-state index contributed by atoms with van der Waals surface area (Å²) in [6.07, 6.45) is 1.11. The summed E-state index contributed by atoms with van der Waals surface area (Å²) in [5.74, 6) is 0.869. The van der Waals surface area contributed by atoms with E-state index in [2.05, 4.69) is 58.6 Å². The second-order valence-electron chi connectivity index (χ2n) is 6.28. The number of aryl methyl sites for hydroxylation is 1. The van der Waals surface area contributed by atoms with Crippen LogP contribution in [-0.4, -0.2) is 65.1 Å². The normalized spacial score (nSPS) is 17.8. The molecule has 2 rings (SSSR count). The second kappa shape index (κ2) is 10.9. The molecule has 0 spiro atoms. The number of guanidine groups is 1. The van der Waals surface area contributed by atoms with Gasteiger partial charge in [-0.3, -0.25) is 4.99 Å². The van der Waals surface area contributed by atoms with Gasteiger partial charge < -0.3 is 25.0 Å². The molecule has 25 heavy (non-hydrogen) atoms. The lowest BCUT2D eigenvalue weighted by Crippen LogP contribution is -2.44. The van der Waals surface area contributed by atoms with Crippen LogP contribution in [0.3, 0.4) is 0 Å². The summed E-state index contributed by atoms with van der Waals surface area (Å²) in [7, 11) is 1.68. The molecule has 1 saturated heterocycles. The number of nitrogens with zero attached hydrogens (tertiary/aromatic N) is 2. The van der Waals surface area contributed by atoms with E-state index in [1.165, 1.54) is 11.3 Å². The first-order valence-corrected chi connectivity index (χ1v) is 9.16. The number of methoxy groups -OCH3 is 1. The van der Waals surface area contributed by atoms with Crippen LogP contribution >= 0.6 is 0 Å². The minimum atomic E-state index is 0.411. The van der Waals surface area contributed by atoms with E-state index in [1.54, 1.807) is 7.11 Å². The summed E-state index contributed by atoms with van der Waals surface area (Å²) in [5.41, 5.74) is 2.59. The van der Waals surface area contributed by atoms with E-state index in [0.717, 1.165) is 32.0 Å². The summed E-state index contributed by atoms with van der Waals surface area (Å²) < 4.78 is 10.4. The highest BCUT2D eigenvalue weighted by Gasteiger charge is 2.23. The van der Waals surface area contributed by atoms with Crippen LogP contribution in [0.2, 0.25) is 0 Å². The molecule has 0 aromatic heterocycles. The second-order valence-corrected chi connectivity index (χ2v) is 6.28. The van der Waals surface area contributed by atoms with Crippen molar-refractivity contribution >= 4 is 11.6 Å². The SMILES string of the molecule is CCNC(=NCCOCCOC)NC1CCN(c2ccc(C)cc2)C1. The molecule has 6 heteroatoms. The Morgan fingerprint density at radius 1 is 1.24 bits per heavy atom. The van der Waals surface area contributed by atoms with Gasteiger partial charge in [0.2, 0.25) is 0 Å². The van der Waals surface area contributed by atoms with Gasteiger partial charge in [-0.1, -0.05) is 17.7 Å². The summed E-state index contributed by atoms with van der Waals surface area (Å²) in [6, 6.07) is 9.16. The third-order valence-electron chi connectivity index (χ3n) is 4.21. The zero-order chi connectivity index (χ0) is 17.9. The van der Waals surface area contributed by atoms with Crippen molar-refractivity contribution in [2.75, 3.05) is 58.0 Å². The van der Waals surface area contributed by atoms with Crippen LogP contribution < -0.4 is 15.5 Å². The fraction of sp³-hybridized carbons (Fsp3) is 0.632. The van der Waals surface area contributed by atoms with Gasteiger partial charge in [0.1, 0.15) is 0 Å². The Kier molecular flexibility index (Phi) is 8.55. The van der Waals surface area contributed by atoms with Crippen molar-refractivity contribution in [3.8, 4) is 0 Å². The van der Waals surface area contributed by atoms with Crippen molar-refractivity contribution in [2.24, 2.45) is 4.99 Å². The third kappa shape index (κ3) is 6.92. The number of rotatable bonds is 9. The minimum Gasteiger partial charge on any atom is -0.382 e. The zero-order valence-electron chi connectivity index (χ0n) is 15.8. The quantitative estimate of drug-likeness (QED) is 0.405. The van der Waals surface area contributed by atoms with Crippen molar-refractivity contribution in [2.45, 2.75) is 26.3 Å². The van der Waals surface area contributed by atoms with Gasteiger partial charge in [0.05, 0.1) is 26.4 Å². The third-order valence-corrected chi connectivity index (χ3v) is 4.21. The molecule has 0 bridgehead atoms. The molecule has 1 aromatic carbocycles. The van der Waals surface area contributed by atoms with Crippen LogP contribution in [0.15, 0.2) is 29.3 Å². The van der Waals surface area contributed by atoms with Gasteiger partial charge >= 0.3 is 0 Å². The Morgan fingerprint density at radius 3 is 2.76 bits per heavy atom. The Balaban J connectivity index is 1.78. The number of aliphatic imine (C=N–C) groups is 1. The largest absolute Gasteiger partial charge is 0.382 e. The highest BCUT2D eigenvalue weighted by atomic mass is 16.5. The summed E-state index contributed by atoms with van der Waals surface area (Å²) in [5, 5.41) is 6.86. The fourth-order valence-corrected chi connectivity index (χ4v) is 2.85. The maximum absolute atomic E-state index is 5.46. The molecule has 1 fully saturated rings. The monoisotopic (exact) mass is 348 g/mol. The lowest BCUT2D eigenvalue weighted by atomic mass is 10.2.